The maximum Gasteiger partial charge on any atom is 0.313 e. The SMILES string of the molecule is O=C1OC[C@H]2[C@@H](/C=C/c3ccc4ccccc4n3)[C@@H]3CCCCC3=C[C@@H]12. The molecule has 5 rings (SSSR count). The molecular weight excluding hydrogens is 322 g/mol. The van der Waals surface area contributed by atoms with E-state index in [2.05, 4.69) is 42.5 Å². The van der Waals surface area contributed by atoms with Crippen LogP contribution in [0.15, 0.2) is 54.1 Å². The molecule has 0 bridgehead atoms. The molecule has 3 aliphatic rings. The molecule has 1 saturated carbocycles. The summed E-state index contributed by atoms with van der Waals surface area (Å²) >= 11 is 0. The zero-order valence-corrected chi connectivity index (χ0v) is 14.8. The minimum absolute atomic E-state index is 0.0336. The van der Waals surface area contributed by atoms with E-state index in [1.807, 2.05) is 12.1 Å². The number of aromatic nitrogens is 1. The van der Waals surface area contributed by atoms with Crippen molar-refractivity contribution in [2.75, 3.05) is 6.61 Å². The van der Waals surface area contributed by atoms with Gasteiger partial charge in [-0.1, -0.05) is 48.4 Å². The Bertz CT molecular complexity index is 913. The standard InChI is InChI=1S/C23H23NO2/c25-23-20-13-16-6-1-3-7-18(16)19(21(20)14-26-23)12-11-17-10-9-15-5-2-4-8-22(15)24-17/h2,4-5,8-13,18-21H,1,3,6-7,14H2/b12-11+/t18-,19+,20-,21+/m1/s1. The Hall–Kier alpha value is -2.42. The van der Waals surface area contributed by atoms with Crippen molar-refractivity contribution in [3.8, 4) is 0 Å². The number of para-hydroxylation sites is 1. The van der Waals surface area contributed by atoms with E-state index in [4.69, 9.17) is 9.72 Å². The Morgan fingerprint density at radius 1 is 1.12 bits per heavy atom. The Balaban J connectivity index is 1.47. The van der Waals surface area contributed by atoms with E-state index in [0.717, 1.165) is 23.0 Å². The highest BCUT2D eigenvalue weighted by molar-refractivity contribution is 5.79. The molecule has 2 heterocycles. The third-order valence-electron chi connectivity index (χ3n) is 6.32. The zero-order chi connectivity index (χ0) is 17.5. The van der Waals surface area contributed by atoms with E-state index < -0.39 is 0 Å². The number of rotatable bonds is 2. The number of hydrogen-bond acceptors (Lipinski definition) is 3. The van der Waals surface area contributed by atoms with E-state index in [1.54, 1.807) is 0 Å². The van der Waals surface area contributed by atoms with Crippen LogP contribution in [0.1, 0.15) is 31.4 Å². The number of ether oxygens (including phenoxy) is 1. The van der Waals surface area contributed by atoms with Gasteiger partial charge in [-0.05, 0) is 49.3 Å². The molecule has 3 heteroatoms. The second-order valence-corrected chi connectivity index (χ2v) is 7.78. The fourth-order valence-electron chi connectivity index (χ4n) is 5.00. The van der Waals surface area contributed by atoms with Gasteiger partial charge >= 0.3 is 5.97 Å². The number of carbonyl (C=O) groups excluding carboxylic acids is 1. The van der Waals surface area contributed by atoms with E-state index in [-0.39, 0.29) is 17.8 Å². The molecule has 0 amide bonds. The number of hydrogen-bond donors (Lipinski definition) is 0. The topological polar surface area (TPSA) is 39.2 Å². The van der Waals surface area contributed by atoms with E-state index in [9.17, 15) is 4.79 Å². The van der Waals surface area contributed by atoms with Gasteiger partial charge in [-0.15, -0.1) is 0 Å². The summed E-state index contributed by atoms with van der Waals surface area (Å²) in [7, 11) is 0. The minimum Gasteiger partial charge on any atom is -0.465 e. The van der Waals surface area contributed by atoms with E-state index in [1.165, 1.54) is 24.8 Å². The zero-order valence-electron chi connectivity index (χ0n) is 14.8. The molecule has 2 aromatic rings. The highest BCUT2D eigenvalue weighted by Gasteiger charge is 2.46. The van der Waals surface area contributed by atoms with Crippen molar-refractivity contribution in [2.45, 2.75) is 25.7 Å². The van der Waals surface area contributed by atoms with Crippen LogP contribution in [0.2, 0.25) is 0 Å². The van der Waals surface area contributed by atoms with Gasteiger partial charge < -0.3 is 4.74 Å². The number of carbonyl (C=O) groups is 1. The number of fused-ring (bicyclic) bond motifs is 3. The maximum atomic E-state index is 12.1. The molecule has 0 spiro atoms. The highest BCUT2D eigenvalue weighted by Crippen LogP contribution is 2.48. The van der Waals surface area contributed by atoms with Crippen LogP contribution in [0.5, 0.6) is 0 Å². The number of benzene rings is 1. The molecule has 2 aliphatic carbocycles. The molecule has 0 N–H and O–H groups in total. The van der Waals surface area contributed by atoms with Crippen molar-refractivity contribution in [3.05, 3.63) is 59.8 Å². The highest BCUT2D eigenvalue weighted by atomic mass is 16.5. The number of esters is 1. The van der Waals surface area contributed by atoms with Crippen molar-refractivity contribution < 1.29 is 9.53 Å². The average molecular weight is 345 g/mol. The largest absolute Gasteiger partial charge is 0.465 e. The second kappa shape index (κ2) is 6.39. The summed E-state index contributed by atoms with van der Waals surface area (Å²) in [5, 5.41) is 1.16. The quantitative estimate of drug-likeness (QED) is 0.581. The summed E-state index contributed by atoms with van der Waals surface area (Å²) in [6.07, 6.45) is 11.6. The van der Waals surface area contributed by atoms with Gasteiger partial charge in [0, 0.05) is 11.3 Å². The third kappa shape index (κ3) is 2.66. The van der Waals surface area contributed by atoms with Crippen LogP contribution in [-0.2, 0) is 9.53 Å². The lowest BCUT2D eigenvalue weighted by molar-refractivity contribution is -0.140. The first-order valence-electron chi connectivity index (χ1n) is 9.71. The number of pyridine rings is 1. The van der Waals surface area contributed by atoms with Crippen molar-refractivity contribution >= 4 is 22.9 Å². The van der Waals surface area contributed by atoms with Gasteiger partial charge in [-0.25, -0.2) is 4.98 Å². The maximum absolute atomic E-state index is 12.1. The summed E-state index contributed by atoms with van der Waals surface area (Å²) < 4.78 is 5.41. The first-order valence-corrected chi connectivity index (χ1v) is 9.71. The normalized spacial score (nSPS) is 30.8. The van der Waals surface area contributed by atoms with Gasteiger partial charge in [0.2, 0.25) is 0 Å². The summed E-state index contributed by atoms with van der Waals surface area (Å²) in [4.78, 5) is 16.9. The molecule has 1 aromatic heterocycles. The van der Waals surface area contributed by atoms with Crippen LogP contribution in [0.4, 0.5) is 0 Å². The first-order chi connectivity index (χ1) is 12.8. The van der Waals surface area contributed by atoms with Crippen molar-refractivity contribution in [2.24, 2.45) is 23.7 Å². The number of allylic oxidation sites excluding steroid dienone is 2. The fourth-order valence-corrected chi connectivity index (χ4v) is 5.00. The van der Waals surface area contributed by atoms with Gasteiger partial charge in [0.15, 0.2) is 0 Å². The Labute approximate surface area is 153 Å². The van der Waals surface area contributed by atoms with Crippen LogP contribution in [0.25, 0.3) is 17.0 Å². The number of cyclic esters (lactones) is 1. The van der Waals surface area contributed by atoms with E-state index in [0.29, 0.717) is 18.4 Å². The van der Waals surface area contributed by atoms with E-state index >= 15 is 0 Å². The van der Waals surface area contributed by atoms with Gasteiger partial charge in [0.05, 0.1) is 23.7 Å². The molecule has 4 atom stereocenters. The molecule has 1 saturated heterocycles. The van der Waals surface area contributed by atoms with Gasteiger partial charge in [0.25, 0.3) is 0 Å². The molecule has 1 aliphatic heterocycles. The fraction of sp³-hybridized carbons (Fsp3) is 0.391. The molecule has 1 aromatic carbocycles. The van der Waals surface area contributed by atoms with Gasteiger partial charge in [-0.2, -0.15) is 0 Å². The molecule has 26 heavy (non-hydrogen) atoms. The van der Waals surface area contributed by atoms with Gasteiger partial charge in [-0.3, -0.25) is 4.79 Å². The summed E-state index contributed by atoms with van der Waals surface area (Å²) in [6.45, 7) is 0.559. The van der Waals surface area contributed by atoms with Crippen LogP contribution < -0.4 is 0 Å². The van der Waals surface area contributed by atoms with Crippen LogP contribution in [0.3, 0.4) is 0 Å². The first kappa shape index (κ1) is 15.8. The van der Waals surface area contributed by atoms with Crippen LogP contribution in [0, 0.1) is 23.7 Å². The Kier molecular flexibility index (Phi) is 3.88. The number of nitrogens with zero attached hydrogens (tertiary/aromatic N) is 1. The lowest BCUT2D eigenvalue weighted by Crippen LogP contribution is -2.34. The predicted molar refractivity (Wildman–Crippen MR) is 102 cm³/mol. The summed E-state index contributed by atoms with van der Waals surface area (Å²) in [5.74, 6) is 1.15. The minimum atomic E-state index is -0.0430. The lowest BCUT2D eigenvalue weighted by Gasteiger charge is -2.39. The Morgan fingerprint density at radius 2 is 2.04 bits per heavy atom. The molecule has 0 unspecified atom stereocenters. The van der Waals surface area contributed by atoms with Crippen molar-refractivity contribution in [3.63, 3.8) is 0 Å². The lowest BCUT2D eigenvalue weighted by atomic mass is 9.64. The predicted octanol–water partition coefficient (Wildman–Crippen LogP) is 4.78. The third-order valence-corrected chi connectivity index (χ3v) is 6.32. The Morgan fingerprint density at radius 3 is 3.00 bits per heavy atom. The molecule has 0 radical (unpaired) electrons. The van der Waals surface area contributed by atoms with Crippen LogP contribution >= 0.6 is 0 Å². The van der Waals surface area contributed by atoms with Gasteiger partial charge in [0.1, 0.15) is 0 Å². The molecule has 132 valence electrons. The molecule has 2 fully saturated rings. The molecular formula is C23H23NO2. The summed E-state index contributed by atoms with van der Waals surface area (Å²) in [6, 6.07) is 12.4. The smallest absolute Gasteiger partial charge is 0.313 e. The van der Waals surface area contributed by atoms with Crippen molar-refractivity contribution in [1.82, 2.24) is 4.98 Å². The second-order valence-electron chi connectivity index (χ2n) is 7.78. The monoisotopic (exact) mass is 345 g/mol. The molecule has 3 nitrogen and oxygen atoms in total. The van der Waals surface area contributed by atoms with Crippen molar-refractivity contribution in [1.29, 1.82) is 0 Å². The summed E-state index contributed by atoms with van der Waals surface area (Å²) in [5.41, 5.74) is 3.49. The average Bonchev–Trinajstić information content (AvgIpc) is 3.05. The van der Waals surface area contributed by atoms with Crippen LogP contribution in [-0.4, -0.2) is 17.6 Å².